The summed E-state index contributed by atoms with van der Waals surface area (Å²) >= 11 is 0. The van der Waals surface area contributed by atoms with Crippen LogP contribution in [0.15, 0.2) is 60.8 Å². The van der Waals surface area contributed by atoms with E-state index >= 15 is 0 Å². The molecule has 2 heterocycles. The number of hydrogen-bond acceptors (Lipinski definition) is 4. The third-order valence-electron chi connectivity index (χ3n) is 5.74. The van der Waals surface area contributed by atoms with E-state index in [0.717, 1.165) is 43.1 Å². The number of aromatic amines is 1. The second-order valence-corrected chi connectivity index (χ2v) is 8.00. The molecule has 0 atom stereocenters. The molecule has 32 heavy (non-hydrogen) atoms. The molecule has 7 heteroatoms. The number of nitrogens with zero attached hydrogens (tertiary/aromatic N) is 4. The summed E-state index contributed by atoms with van der Waals surface area (Å²) in [5, 5.41) is 12.0. The van der Waals surface area contributed by atoms with Crippen LogP contribution < -0.4 is 10.2 Å². The molecule has 164 valence electrons. The van der Waals surface area contributed by atoms with Crippen LogP contribution in [0.1, 0.15) is 28.9 Å². The van der Waals surface area contributed by atoms with Crippen molar-refractivity contribution >= 4 is 11.8 Å². The Morgan fingerprint density at radius 3 is 2.50 bits per heavy atom. The number of aryl methyl sites for hydroxylation is 1. The summed E-state index contributed by atoms with van der Waals surface area (Å²) in [6.45, 7) is 3.61. The molecular weight excluding hydrogens is 400 g/mol. The Balaban J connectivity index is 1.19. The molecule has 0 radical (unpaired) electrons. The topological polar surface area (TPSA) is 88.1 Å². The molecule has 1 saturated heterocycles. The van der Waals surface area contributed by atoms with Crippen molar-refractivity contribution < 1.29 is 4.79 Å². The smallest absolute Gasteiger partial charge is 0.317 e. The molecule has 0 spiro atoms. The van der Waals surface area contributed by atoms with Crippen LogP contribution in [-0.4, -0.2) is 53.6 Å². The van der Waals surface area contributed by atoms with Crippen LogP contribution in [0, 0.1) is 11.3 Å². The quantitative estimate of drug-likeness (QED) is 0.565. The van der Waals surface area contributed by atoms with E-state index in [0.29, 0.717) is 31.6 Å². The molecule has 7 nitrogen and oxygen atoms in total. The molecule has 2 aromatic carbocycles. The van der Waals surface area contributed by atoms with Crippen LogP contribution in [-0.2, 0) is 12.8 Å². The Kier molecular flexibility index (Phi) is 7.03. The molecule has 3 aromatic rings. The first-order valence-corrected chi connectivity index (χ1v) is 11.1. The van der Waals surface area contributed by atoms with Crippen molar-refractivity contribution in [1.29, 1.82) is 5.26 Å². The van der Waals surface area contributed by atoms with Crippen molar-refractivity contribution in [3.63, 3.8) is 0 Å². The predicted octanol–water partition coefficient (Wildman–Crippen LogP) is 3.34. The maximum atomic E-state index is 12.5. The maximum absolute atomic E-state index is 12.5. The van der Waals surface area contributed by atoms with Crippen molar-refractivity contribution in [1.82, 2.24) is 20.2 Å². The molecule has 4 rings (SSSR count). The molecule has 1 fully saturated rings. The summed E-state index contributed by atoms with van der Waals surface area (Å²) in [5.74, 6) is 1.87. The minimum atomic E-state index is 0.0174. The number of H-pyrrole nitrogens is 1. The first-order chi connectivity index (χ1) is 15.7. The first-order valence-electron chi connectivity index (χ1n) is 11.1. The van der Waals surface area contributed by atoms with Gasteiger partial charge in [-0.3, -0.25) is 0 Å². The van der Waals surface area contributed by atoms with Gasteiger partial charge in [-0.1, -0.05) is 42.5 Å². The van der Waals surface area contributed by atoms with E-state index in [9.17, 15) is 4.79 Å². The summed E-state index contributed by atoms with van der Waals surface area (Å²) in [6.07, 6.45) is 4.46. The van der Waals surface area contributed by atoms with E-state index in [1.807, 2.05) is 53.6 Å². The summed E-state index contributed by atoms with van der Waals surface area (Å²) in [6, 6.07) is 20.1. The molecule has 2 amide bonds. The number of anilines is 1. The van der Waals surface area contributed by atoms with Gasteiger partial charge in [-0.25, -0.2) is 9.78 Å². The predicted molar refractivity (Wildman–Crippen MR) is 124 cm³/mol. The third kappa shape index (κ3) is 5.67. The van der Waals surface area contributed by atoms with E-state index in [1.165, 1.54) is 5.56 Å². The van der Waals surface area contributed by atoms with Gasteiger partial charge in [-0.2, -0.15) is 5.26 Å². The number of nitriles is 1. The Morgan fingerprint density at radius 2 is 1.78 bits per heavy atom. The van der Waals surface area contributed by atoms with Gasteiger partial charge in [0.1, 0.15) is 11.6 Å². The molecular formula is C25H28N6O. The number of nitrogens with one attached hydrogen (secondary N) is 2. The van der Waals surface area contributed by atoms with E-state index in [2.05, 4.69) is 38.4 Å². The van der Waals surface area contributed by atoms with Gasteiger partial charge in [0, 0.05) is 39.1 Å². The summed E-state index contributed by atoms with van der Waals surface area (Å²) in [5.41, 5.74) is 3.07. The van der Waals surface area contributed by atoms with Crippen molar-refractivity contribution in [2.75, 3.05) is 37.6 Å². The zero-order valence-electron chi connectivity index (χ0n) is 18.1. The zero-order valence-corrected chi connectivity index (χ0v) is 18.1. The lowest BCUT2D eigenvalue weighted by molar-refractivity contribution is 0.194. The molecule has 0 saturated carbocycles. The van der Waals surface area contributed by atoms with Crippen LogP contribution in [0.25, 0.3) is 0 Å². The van der Waals surface area contributed by atoms with Gasteiger partial charge >= 0.3 is 6.03 Å². The van der Waals surface area contributed by atoms with Crippen molar-refractivity contribution in [2.45, 2.75) is 19.3 Å². The maximum Gasteiger partial charge on any atom is 0.317 e. The fraction of sp³-hybridized carbons (Fsp3) is 0.320. The summed E-state index contributed by atoms with van der Waals surface area (Å²) in [7, 11) is 0. The number of imidazole rings is 1. The minimum Gasteiger partial charge on any atom is -0.353 e. The SMILES string of the molecule is N#Cc1ccc(Cc2ncc(N3CCN(C(=O)NCCCc4ccccc4)CC3)[nH]2)cc1. The van der Waals surface area contributed by atoms with Crippen LogP contribution >= 0.6 is 0 Å². The molecule has 1 aliphatic heterocycles. The monoisotopic (exact) mass is 428 g/mol. The number of amides is 2. The Bertz CT molecular complexity index is 1050. The standard InChI is InChI=1S/C25H28N6O/c26-18-22-10-8-21(9-11-22)17-23-28-19-24(29-23)30-13-15-31(16-14-30)25(32)27-12-4-7-20-5-2-1-3-6-20/h1-3,5-6,8-11,19H,4,7,12-17H2,(H,27,32)(H,28,29). The highest BCUT2D eigenvalue weighted by Gasteiger charge is 2.22. The Hall–Kier alpha value is -3.79. The Morgan fingerprint density at radius 1 is 1.03 bits per heavy atom. The lowest BCUT2D eigenvalue weighted by Crippen LogP contribution is -2.52. The van der Waals surface area contributed by atoms with Gasteiger partial charge in [0.2, 0.25) is 0 Å². The van der Waals surface area contributed by atoms with Gasteiger partial charge in [0.05, 0.1) is 17.8 Å². The van der Waals surface area contributed by atoms with Crippen LogP contribution in [0.2, 0.25) is 0 Å². The lowest BCUT2D eigenvalue weighted by atomic mass is 10.1. The number of urea groups is 1. The second kappa shape index (κ2) is 10.5. The fourth-order valence-electron chi connectivity index (χ4n) is 3.89. The second-order valence-electron chi connectivity index (χ2n) is 8.00. The number of hydrogen-bond donors (Lipinski definition) is 2. The van der Waals surface area contributed by atoms with E-state index < -0.39 is 0 Å². The highest BCUT2D eigenvalue weighted by Crippen LogP contribution is 2.16. The Labute approximate surface area is 188 Å². The lowest BCUT2D eigenvalue weighted by Gasteiger charge is -2.35. The number of aromatic nitrogens is 2. The van der Waals surface area contributed by atoms with Gasteiger partial charge in [-0.05, 0) is 36.1 Å². The largest absolute Gasteiger partial charge is 0.353 e. The molecule has 0 bridgehead atoms. The third-order valence-corrected chi connectivity index (χ3v) is 5.74. The van der Waals surface area contributed by atoms with Crippen LogP contribution in [0.3, 0.4) is 0 Å². The number of benzene rings is 2. The molecule has 1 aromatic heterocycles. The molecule has 0 unspecified atom stereocenters. The van der Waals surface area contributed by atoms with E-state index in [-0.39, 0.29) is 6.03 Å². The van der Waals surface area contributed by atoms with E-state index in [1.54, 1.807) is 0 Å². The fourth-order valence-corrected chi connectivity index (χ4v) is 3.89. The summed E-state index contributed by atoms with van der Waals surface area (Å²) < 4.78 is 0. The van der Waals surface area contributed by atoms with E-state index in [4.69, 9.17) is 5.26 Å². The highest BCUT2D eigenvalue weighted by atomic mass is 16.2. The average Bonchev–Trinajstić information content (AvgIpc) is 3.31. The van der Waals surface area contributed by atoms with Crippen molar-refractivity contribution in [2.24, 2.45) is 0 Å². The summed E-state index contributed by atoms with van der Waals surface area (Å²) in [4.78, 5) is 24.5. The van der Waals surface area contributed by atoms with Crippen LogP contribution in [0.4, 0.5) is 10.6 Å². The number of rotatable bonds is 7. The molecule has 0 aliphatic carbocycles. The molecule has 2 N–H and O–H groups in total. The number of carbonyl (C=O) groups excluding carboxylic acids is 1. The van der Waals surface area contributed by atoms with Gasteiger partial charge < -0.3 is 20.1 Å². The normalized spacial score (nSPS) is 13.6. The van der Waals surface area contributed by atoms with Gasteiger partial charge in [0.25, 0.3) is 0 Å². The van der Waals surface area contributed by atoms with Crippen LogP contribution in [0.5, 0.6) is 0 Å². The van der Waals surface area contributed by atoms with Gasteiger partial charge in [-0.15, -0.1) is 0 Å². The zero-order chi connectivity index (χ0) is 22.2. The average molecular weight is 429 g/mol. The molecule has 1 aliphatic rings. The van der Waals surface area contributed by atoms with Crippen molar-refractivity contribution in [3.05, 3.63) is 83.3 Å². The first kappa shape index (κ1) is 21.4. The van der Waals surface area contributed by atoms with Gasteiger partial charge in [0.15, 0.2) is 0 Å². The minimum absolute atomic E-state index is 0.0174. The number of piperazine rings is 1. The highest BCUT2D eigenvalue weighted by molar-refractivity contribution is 5.74. The van der Waals surface area contributed by atoms with Crippen molar-refractivity contribution in [3.8, 4) is 6.07 Å². The number of carbonyl (C=O) groups is 1.